The largest absolute Gasteiger partial charge is 0.508 e. The third-order valence-electron chi connectivity index (χ3n) is 27.5. The molecule has 3 heterocycles. The van der Waals surface area contributed by atoms with Gasteiger partial charge < -0.3 is 68.5 Å². The van der Waals surface area contributed by atoms with Crippen LogP contribution in [0.1, 0.15) is 245 Å². The highest BCUT2D eigenvalue weighted by molar-refractivity contribution is 5.86. The van der Waals surface area contributed by atoms with E-state index in [-0.39, 0.29) is 86.3 Å². The van der Waals surface area contributed by atoms with Crippen molar-refractivity contribution in [2.24, 2.45) is 53.3 Å². The summed E-state index contributed by atoms with van der Waals surface area (Å²) in [6, 6.07) is 30.9. The zero-order valence-electron chi connectivity index (χ0n) is 69.0. The van der Waals surface area contributed by atoms with Crippen molar-refractivity contribution in [2.45, 2.75) is 289 Å². The van der Waals surface area contributed by atoms with Crippen LogP contribution in [0.25, 0.3) is 10.8 Å². The average Bonchev–Trinajstić information content (AvgIpc) is 1.58. The third-order valence-corrected chi connectivity index (χ3v) is 27.5. The number of aliphatic hydroxyl groups excluding tert-OH is 2. The topological polar surface area (TPSA) is 275 Å². The van der Waals surface area contributed by atoms with Gasteiger partial charge in [-0.3, -0.25) is 4.79 Å². The van der Waals surface area contributed by atoms with Crippen LogP contribution in [0.15, 0.2) is 91.0 Å². The number of unbranched alkanes of at least 4 members (excludes halogenated alkanes) is 6. The minimum Gasteiger partial charge on any atom is -0.482 e. The number of cyclic esters (lactones) is 1. The highest BCUT2D eigenvalue weighted by atomic mass is 16.7. The molecular formula is C95H130N2O18. The van der Waals surface area contributed by atoms with Crippen molar-refractivity contribution < 1.29 is 87.5 Å². The molecule has 3 aliphatic heterocycles. The second-order valence-electron chi connectivity index (χ2n) is 35.1. The monoisotopic (exact) mass is 1590 g/mol. The van der Waals surface area contributed by atoms with E-state index in [0.717, 1.165) is 226 Å². The van der Waals surface area contributed by atoms with Crippen LogP contribution in [-0.2, 0) is 76.7 Å². The lowest BCUT2D eigenvalue weighted by Gasteiger charge is -2.40. The zero-order valence-corrected chi connectivity index (χ0v) is 69.0. The predicted molar refractivity (Wildman–Crippen MR) is 441 cm³/mol. The van der Waals surface area contributed by atoms with Crippen LogP contribution >= 0.6 is 0 Å². The SMILES string of the molecule is CCCCC[C@@H](CC[C@@H]1[C@H]2Cc3cccc(OCC(=O)O)c3C[C@H]2C[C@H]1O)OC(=O)N1CCC(N2CCCCC2)CC1.CCCCC[C@H](O)CC[C@@H]1[C@H]2Cc3cccc(OCC(=O)O)c3C[C@H]2C[C@H]1OC(=O)[C@@H](C)c1ccc2cc(C)ccc2c1.CCCCC[C@H]1CC[C@@H]2[C@H]3Cc4cccc(OCC(=O)O)c4C[C@H]3C[C@H]2OC(=O)O1. The van der Waals surface area contributed by atoms with Gasteiger partial charge in [-0.15, -0.1) is 0 Å². The number of amides is 1. The molecule has 0 aromatic heterocycles. The highest BCUT2D eigenvalue weighted by Gasteiger charge is 2.51. The van der Waals surface area contributed by atoms with Crippen LogP contribution in [-0.4, -0.2) is 160 Å². The van der Waals surface area contributed by atoms with Gasteiger partial charge in [0.1, 0.15) is 41.7 Å². The molecule has 6 fully saturated rings. The first-order valence-corrected chi connectivity index (χ1v) is 44.2. The Balaban J connectivity index is 0.000000162. The number of esters is 1. The van der Waals surface area contributed by atoms with Gasteiger partial charge in [0.15, 0.2) is 19.8 Å². The number of fused-ring (bicyclic) bond motifs is 9. The first kappa shape index (κ1) is 86.4. The molecule has 14 rings (SSSR count). The molecule has 20 nitrogen and oxygen atoms in total. The third kappa shape index (κ3) is 23.1. The van der Waals surface area contributed by atoms with E-state index in [1.807, 2.05) is 54.3 Å². The van der Waals surface area contributed by atoms with E-state index in [2.05, 4.69) is 81.1 Å². The Morgan fingerprint density at radius 1 is 0.530 bits per heavy atom. The molecule has 0 spiro atoms. The van der Waals surface area contributed by atoms with Gasteiger partial charge in [-0.2, -0.15) is 0 Å². The van der Waals surface area contributed by atoms with E-state index in [0.29, 0.717) is 71.1 Å². The predicted octanol–water partition coefficient (Wildman–Crippen LogP) is 17.8. The Morgan fingerprint density at radius 2 is 1.07 bits per heavy atom. The van der Waals surface area contributed by atoms with Crippen LogP contribution in [0.2, 0.25) is 0 Å². The quantitative estimate of drug-likeness (QED) is 0.0152. The number of carboxylic acid groups (broad SMARTS) is 3. The lowest BCUT2D eigenvalue weighted by molar-refractivity contribution is -0.153. The Labute approximate surface area is 681 Å². The standard InChI is InChI=1S/C37H46O6.C34H52N2O6.C24H32O6/c1-4-5-6-9-30(38)15-16-31-32-19-28-8-7-10-34(42-22-36(39)40)33(28)20-29(32)21-35(31)43-37(41)24(3)25-13-14-26-17-23(2)11-12-27(26)18-25;1-2-3-5-10-27(42-34(40)36-18-14-26(15-19-36)35-16-6-4-7-17-35)12-13-28-29-20-24-9-8-11-32(41-23-33(38)39)30(24)21-25(29)22-31(28)37;1-2-3-4-7-17-9-10-18-19-11-15-6-5-8-21(28-14-23(25)26)20(15)12-16(19)13-22(18)30-24(27)29-17/h7-8,10-14,17-18,24,29-32,35,38H,4-6,9,15-16,19-22H2,1-3H3,(H,39,40);8-9,11,25-29,31,37H,2-7,10,12-23H2,1H3,(H,38,39);5-6,8,16-19,22H,2-4,7,9-14H2,1H3,(H,25,26)/t24-,29-,30-,31+,32-,35+;25-,27-,28+,29-,31+;16-,17-,18+,19-,22+/m000/s1. The van der Waals surface area contributed by atoms with E-state index >= 15 is 0 Å². The number of aliphatic carboxylic acids is 3. The number of carboxylic acids is 3. The summed E-state index contributed by atoms with van der Waals surface area (Å²) in [4.78, 5) is 76.9. The normalized spacial score (nSPS) is 26.2. The van der Waals surface area contributed by atoms with Crippen molar-refractivity contribution in [3.63, 3.8) is 0 Å². The van der Waals surface area contributed by atoms with Gasteiger partial charge in [-0.1, -0.05) is 150 Å². The Morgan fingerprint density at radius 3 is 1.67 bits per heavy atom. The lowest BCUT2D eigenvalue weighted by Crippen LogP contribution is -2.48. The zero-order chi connectivity index (χ0) is 81.1. The fourth-order valence-electron chi connectivity index (χ4n) is 21.4. The molecule has 0 bridgehead atoms. The minimum absolute atomic E-state index is 0.0315. The van der Waals surface area contributed by atoms with Gasteiger partial charge in [0.05, 0.1) is 18.1 Å². The molecule has 3 saturated heterocycles. The van der Waals surface area contributed by atoms with Crippen molar-refractivity contribution in [3.8, 4) is 17.2 Å². The number of hydrogen-bond acceptors (Lipinski definition) is 16. The summed E-state index contributed by atoms with van der Waals surface area (Å²) in [5.74, 6) is 1.44. The van der Waals surface area contributed by atoms with Gasteiger partial charge in [-0.05, 0) is 302 Å². The number of benzene rings is 5. The first-order valence-electron chi connectivity index (χ1n) is 44.2. The smallest absolute Gasteiger partial charge is 0.482 e. The van der Waals surface area contributed by atoms with Crippen LogP contribution in [0.5, 0.6) is 17.2 Å². The van der Waals surface area contributed by atoms with Crippen LogP contribution in [0, 0.1) is 60.2 Å². The summed E-state index contributed by atoms with van der Waals surface area (Å²) in [6.07, 6.45) is 29.4. The average molecular weight is 1590 g/mol. The molecule has 1 amide bonds. The number of aryl methyl sites for hydroxylation is 1. The maximum atomic E-state index is 13.6. The number of likely N-dealkylation sites (tertiary alicyclic amines) is 2. The van der Waals surface area contributed by atoms with Gasteiger partial charge >= 0.3 is 36.1 Å². The summed E-state index contributed by atoms with van der Waals surface area (Å²) >= 11 is 0. The number of piperidine rings is 2. The van der Waals surface area contributed by atoms with E-state index in [9.17, 15) is 39.0 Å². The highest BCUT2D eigenvalue weighted by Crippen LogP contribution is 2.53. The number of nitrogens with zero attached hydrogens (tertiary/aromatic N) is 2. The second kappa shape index (κ2) is 41.9. The van der Waals surface area contributed by atoms with E-state index in [1.165, 1.54) is 54.6 Å². The van der Waals surface area contributed by atoms with E-state index in [1.54, 1.807) is 0 Å². The molecule has 5 aromatic rings. The van der Waals surface area contributed by atoms with Crippen LogP contribution < -0.4 is 14.2 Å². The van der Waals surface area contributed by atoms with E-state index < -0.39 is 24.1 Å². The molecule has 5 N–H and O–H groups in total. The summed E-state index contributed by atoms with van der Waals surface area (Å²) < 4.78 is 40.8. The summed E-state index contributed by atoms with van der Waals surface area (Å²) in [6.45, 7) is 13.5. The molecule has 20 heteroatoms. The number of aliphatic hydroxyl groups is 2. The number of ether oxygens (including phenoxy) is 7. The molecule has 628 valence electrons. The second-order valence-corrected chi connectivity index (χ2v) is 35.1. The number of carbonyl (C=O) groups is 6. The molecule has 0 unspecified atom stereocenters. The van der Waals surface area contributed by atoms with Gasteiger partial charge in [-0.25, -0.2) is 24.0 Å². The van der Waals surface area contributed by atoms with Crippen molar-refractivity contribution in [1.82, 2.24) is 9.80 Å². The number of rotatable bonds is 32. The molecule has 5 aromatic carbocycles. The number of carbonyl (C=O) groups excluding carboxylic acids is 3. The van der Waals surface area contributed by atoms with E-state index in [4.69, 9.17) is 48.5 Å². The fraction of sp³-hybridized carbons (Fsp3) is 0.642. The summed E-state index contributed by atoms with van der Waals surface area (Å²) in [7, 11) is 0. The fourth-order valence-corrected chi connectivity index (χ4v) is 21.4. The Bertz CT molecular complexity index is 4030. The summed E-state index contributed by atoms with van der Waals surface area (Å²) in [5.41, 5.74) is 9.09. The number of hydrogen-bond donors (Lipinski definition) is 5. The van der Waals surface area contributed by atoms with Crippen molar-refractivity contribution in [1.29, 1.82) is 0 Å². The Kier molecular flexibility index (Phi) is 31.5. The van der Waals surface area contributed by atoms with Crippen molar-refractivity contribution in [2.75, 3.05) is 46.0 Å². The van der Waals surface area contributed by atoms with Crippen LogP contribution in [0.3, 0.4) is 0 Å². The van der Waals surface area contributed by atoms with Crippen molar-refractivity contribution in [3.05, 3.63) is 136 Å². The maximum Gasteiger partial charge on any atom is 0.508 e. The molecule has 0 radical (unpaired) electrons. The van der Waals surface area contributed by atoms with Gasteiger partial charge in [0.25, 0.3) is 0 Å². The van der Waals surface area contributed by atoms with Gasteiger partial charge in [0, 0.05) is 19.1 Å². The molecule has 9 aliphatic rings. The van der Waals surface area contributed by atoms with Gasteiger partial charge in [0.2, 0.25) is 0 Å². The molecule has 16 atom stereocenters. The summed E-state index contributed by atoms with van der Waals surface area (Å²) in [5, 5.41) is 51.4. The minimum atomic E-state index is -0.993. The molecular weight excluding hydrogens is 1460 g/mol. The first-order chi connectivity index (χ1) is 55.7. The molecule has 6 aliphatic carbocycles. The maximum absolute atomic E-state index is 13.6. The van der Waals surface area contributed by atoms with Crippen LogP contribution in [0.4, 0.5) is 9.59 Å². The van der Waals surface area contributed by atoms with Crippen molar-refractivity contribution >= 4 is 46.9 Å². The Hall–Kier alpha value is -7.94. The molecule has 3 saturated carbocycles. The molecule has 115 heavy (non-hydrogen) atoms. The lowest BCUT2D eigenvalue weighted by atomic mass is 9.73.